The van der Waals surface area contributed by atoms with E-state index in [-0.39, 0.29) is 11.9 Å². The third kappa shape index (κ3) is 3.94. The van der Waals surface area contributed by atoms with Crippen LogP contribution in [0.3, 0.4) is 0 Å². The Bertz CT molecular complexity index is 427. The summed E-state index contributed by atoms with van der Waals surface area (Å²) in [5.41, 5.74) is 0. The number of nitrogens with zero attached hydrogens (tertiary/aromatic N) is 4. The molecule has 0 fully saturated rings. The van der Waals surface area contributed by atoms with Gasteiger partial charge in [-0.15, -0.1) is 0 Å². The van der Waals surface area contributed by atoms with Gasteiger partial charge in [-0.05, 0) is 20.8 Å². The van der Waals surface area contributed by atoms with E-state index in [2.05, 4.69) is 25.6 Å². The van der Waals surface area contributed by atoms with Crippen LogP contribution in [0.4, 0.5) is 11.9 Å². The lowest BCUT2D eigenvalue weighted by Crippen LogP contribution is -2.41. The van der Waals surface area contributed by atoms with Gasteiger partial charge in [0.1, 0.15) is 6.04 Å². The zero-order valence-electron chi connectivity index (χ0n) is 12.6. The predicted octanol–water partition coefficient (Wildman–Crippen LogP) is 0.591. The maximum Gasteiger partial charge on any atom is 0.322 e. The van der Waals surface area contributed by atoms with Crippen molar-refractivity contribution in [2.24, 2.45) is 0 Å². The van der Waals surface area contributed by atoms with E-state index in [4.69, 9.17) is 4.74 Å². The molecule has 1 rings (SSSR count). The normalized spacial score (nSPS) is 11.7. The SMILES string of the molecule is CCN(CC)C(=O)C(C)Nc1nc(NC)nc(OC)n1. The average Bonchev–Trinajstić information content (AvgIpc) is 2.47. The number of rotatable bonds is 7. The van der Waals surface area contributed by atoms with Crippen LogP contribution in [0.25, 0.3) is 0 Å². The van der Waals surface area contributed by atoms with Gasteiger partial charge in [-0.1, -0.05) is 0 Å². The van der Waals surface area contributed by atoms with Gasteiger partial charge in [-0.25, -0.2) is 0 Å². The number of hydrogen-bond acceptors (Lipinski definition) is 7. The number of anilines is 2. The van der Waals surface area contributed by atoms with E-state index >= 15 is 0 Å². The van der Waals surface area contributed by atoms with E-state index in [1.54, 1.807) is 18.9 Å². The molecule has 0 aliphatic rings. The molecular weight excluding hydrogens is 260 g/mol. The number of carbonyl (C=O) groups excluding carboxylic acids is 1. The fourth-order valence-electron chi connectivity index (χ4n) is 1.69. The zero-order chi connectivity index (χ0) is 15.1. The molecule has 112 valence electrons. The molecule has 1 atom stereocenters. The Labute approximate surface area is 119 Å². The average molecular weight is 282 g/mol. The molecule has 0 aromatic carbocycles. The van der Waals surface area contributed by atoms with Crippen LogP contribution in [0.1, 0.15) is 20.8 Å². The molecule has 0 radical (unpaired) electrons. The molecule has 20 heavy (non-hydrogen) atoms. The van der Waals surface area contributed by atoms with Gasteiger partial charge in [0.15, 0.2) is 0 Å². The summed E-state index contributed by atoms with van der Waals surface area (Å²) in [4.78, 5) is 26.1. The Kier molecular flexibility index (Phi) is 5.95. The number of hydrogen-bond donors (Lipinski definition) is 2. The van der Waals surface area contributed by atoms with Crippen molar-refractivity contribution in [2.45, 2.75) is 26.8 Å². The van der Waals surface area contributed by atoms with Gasteiger partial charge >= 0.3 is 6.01 Å². The lowest BCUT2D eigenvalue weighted by molar-refractivity contribution is -0.131. The topological polar surface area (TPSA) is 92.3 Å². The van der Waals surface area contributed by atoms with E-state index in [1.165, 1.54) is 7.11 Å². The third-order valence-electron chi connectivity index (χ3n) is 2.81. The number of amides is 1. The summed E-state index contributed by atoms with van der Waals surface area (Å²) in [5.74, 6) is 0.677. The first-order valence-corrected chi connectivity index (χ1v) is 6.58. The van der Waals surface area contributed by atoms with Crippen LogP contribution in [0, 0.1) is 0 Å². The molecule has 0 saturated heterocycles. The summed E-state index contributed by atoms with van der Waals surface area (Å²) >= 11 is 0. The molecule has 1 amide bonds. The molecule has 1 unspecified atom stereocenters. The van der Waals surface area contributed by atoms with E-state index < -0.39 is 6.04 Å². The summed E-state index contributed by atoms with van der Waals surface area (Å²) in [7, 11) is 3.17. The van der Waals surface area contributed by atoms with Crippen LogP contribution in [0.15, 0.2) is 0 Å². The number of nitrogens with one attached hydrogen (secondary N) is 2. The number of carbonyl (C=O) groups is 1. The molecule has 0 aliphatic carbocycles. The number of ether oxygens (including phenoxy) is 1. The van der Waals surface area contributed by atoms with Gasteiger partial charge in [0, 0.05) is 20.1 Å². The molecule has 8 nitrogen and oxygen atoms in total. The van der Waals surface area contributed by atoms with Crippen molar-refractivity contribution in [3.8, 4) is 6.01 Å². The van der Waals surface area contributed by atoms with Crippen LogP contribution in [0.5, 0.6) is 6.01 Å². The highest BCUT2D eigenvalue weighted by Gasteiger charge is 2.19. The molecule has 1 aromatic heterocycles. The Morgan fingerprint density at radius 2 is 1.85 bits per heavy atom. The second-order valence-corrected chi connectivity index (χ2v) is 4.10. The Hall–Kier alpha value is -2.12. The van der Waals surface area contributed by atoms with Crippen LogP contribution in [0.2, 0.25) is 0 Å². The second kappa shape index (κ2) is 7.46. The molecule has 0 saturated carbocycles. The first-order valence-electron chi connectivity index (χ1n) is 6.58. The summed E-state index contributed by atoms with van der Waals surface area (Å²) in [5, 5.41) is 5.78. The Balaban J connectivity index is 2.84. The first-order chi connectivity index (χ1) is 9.55. The van der Waals surface area contributed by atoms with Crippen LogP contribution < -0.4 is 15.4 Å². The smallest absolute Gasteiger partial charge is 0.322 e. The van der Waals surface area contributed by atoms with Gasteiger partial charge in [-0.2, -0.15) is 15.0 Å². The minimum Gasteiger partial charge on any atom is -0.467 e. The quantitative estimate of drug-likeness (QED) is 0.756. The lowest BCUT2D eigenvalue weighted by Gasteiger charge is -2.23. The maximum atomic E-state index is 12.2. The van der Waals surface area contributed by atoms with E-state index in [0.29, 0.717) is 25.0 Å². The highest BCUT2D eigenvalue weighted by molar-refractivity contribution is 5.83. The van der Waals surface area contributed by atoms with Gasteiger partial charge in [0.05, 0.1) is 7.11 Å². The zero-order valence-corrected chi connectivity index (χ0v) is 12.6. The fourth-order valence-corrected chi connectivity index (χ4v) is 1.69. The van der Waals surface area contributed by atoms with Crippen molar-refractivity contribution >= 4 is 17.8 Å². The monoisotopic (exact) mass is 282 g/mol. The van der Waals surface area contributed by atoms with Crippen molar-refractivity contribution in [2.75, 3.05) is 37.9 Å². The highest BCUT2D eigenvalue weighted by Crippen LogP contribution is 2.11. The molecule has 0 aliphatic heterocycles. The Morgan fingerprint density at radius 3 is 2.35 bits per heavy atom. The van der Waals surface area contributed by atoms with E-state index in [9.17, 15) is 4.79 Å². The molecule has 8 heteroatoms. The molecule has 0 spiro atoms. The summed E-state index contributed by atoms with van der Waals surface area (Å²) in [6.07, 6.45) is 0. The number of methoxy groups -OCH3 is 1. The van der Waals surface area contributed by atoms with Gasteiger partial charge in [0.2, 0.25) is 17.8 Å². The van der Waals surface area contributed by atoms with Crippen molar-refractivity contribution in [3.05, 3.63) is 0 Å². The lowest BCUT2D eigenvalue weighted by atomic mass is 10.3. The van der Waals surface area contributed by atoms with E-state index in [1.807, 2.05) is 13.8 Å². The van der Waals surface area contributed by atoms with Crippen LogP contribution in [-0.2, 0) is 4.79 Å². The summed E-state index contributed by atoms with van der Waals surface area (Å²) in [6, 6.07) is -0.235. The number of aromatic nitrogens is 3. The minimum absolute atomic E-state index is 0.000358. The predicted molar refractivity (Wildman–Crippen MR) is 76.9 cm³/mol. The van der Waals surface area contributed by atoms with Crippen molar-refractivity contribution in [1.82, 2.24) is 19.9 Å². The minimum atomic E-state index is -0.424. The summed E-state index contributed by atoms with van der Waals surface area (Å²) < 4.78 is 4.99. The van der Waals surface area contributed by atoms with Crippen molar-refractivity contribution in [1.29, 1.82) is 0 Å². The number of likely N-dealkylation sites (N-methyl/N-ethyl adjacent to an activating group) is 1. The third-order valence-corrected chi connectivity index (χ3v) is 2.81. The summed E-state index contributed by atoms with van der Waals surface area (Å²) in [6.45, 7) is 7.00. The van der Waals surface area contributed by atoms with E-state index in [0.717, 1.165) is 0 Å². The van der Waals surface area contributed by atoms with Gasteiger partial charge in [-0.3, -0.25) is 4.79 Å². The molecular formula is C12H22N6O2. The standard InChI is InChI=1S/C12H22N6O2/c1-6-18(7-2)9(19)8(3)14-11-15-10(13-4)16-12(17-11)20-5/h8H,6-7H2,1-5H3,(H2,13,14,15,16,17). The largest absolute Gasteiger partial charge is 0.467 e. The molecule has 2 N–H and O–H groups in total. The van der Waals surface area contributed by atoms with Crippen LogP contribution >= 0.6 is 0 Å². The van der Waals surface area contributed by atoms with Crippen LogP contribution in [-0.4, -0.2) is 59.0 Å². The van der Waals surface area contributed by atoms with Gasteiger partial charge in [0.25, 0.3) is 0 Å². The Morgan fingerprint density at radius 1 is 1.25 bits per heavy atom. The highest BCUT2D eigenvalue weighted by atomic mass is 16.5. The molecule has 1 heterocycles. The van der Waals surface area contributed by atoms with Crippen molar-refractivity contribution in [3.63, 3.8) is 0 Å². The molecule has 0 bridgehead atoms. The fraction of sp³-hybridized carbons (Fsp3) is 0.667. The van der Waals surface area contributed by atoms with Crippen molar-refractivity contribution < 1.29 is 9.53 Å². The first kappa shape index (κ1) is 15.9. The second-order valence-electron chi connectivity index (χ2n) is 4.10. The molecule has 1 aromatic rings. The van der Waals surface area contributed by atoms with Gasteiger partial charge < -0.3 is 20.3 Å². The maximum absolute atomic E-state index is 12.2.